The number of carbonyl (C=O) groups excluding carboxylic acids is 1. The van der Waals surface area contributed by atoms with Gasteiger partial charge in [-0.1, -0.05) is 36.4 Å². The van der Waals surface area contributed by atoms with E-state index in [9.17, 15) is 9.59 Å². The van der Waals surface area contributed by atoms with Crippen LogP contribution in [-0.4, -0.2) is 24.2 Å². The Hall–Kier alpha value is -2.10. The minimum Gasteiger partial charge on any atom is -0.481 e. The highest BCUT2D eigenvalue weighted by Crippen LogP contribution is 2.24. The lowest BCUT2D eigenvalue weighted by molar-refractivity contribution is -0.142. The van der Waals surface area contributed by atoms with Gasteiger partial charge in [0, 0.05) is 5.57 Å². The number of carboxylic acid groups (broad SMARTS) is 1. The average molecular weight is 234 g/mol. The molecule has 0 bridgehead atoms. The number of benzene rings is 1. The zero-order valence-electron chi connectivity index (χ0n) is 9.77. The number of ether oxygens (including phenoxy) is 1. The molecule has 0 aliphatic rings. The Kier molecular flexibility index (Phi) is 4.04. The Morgan fingerprint density at radius 1 is 1.29 bits per heavy atom. The summed E-state index contributed by atoms with van der Waals surface area (Å²) in [6.07, 6.45) is 0. The summed E-state index contributed by atoms with van der Waals surface area (Å²) in [7, 11) is 1.20. The van der Waals surface area contributed by atoms with Gasteiger partial charge < -0.3 is 9.84 Å². The van der Waals surface area contributed by atoms with Crippen LogP contribution >= 0.6 is 0 Å². The van der Waals surface area contributed by atoms with E-state index < -0.39 is 17.9 Å². The molecule has 1 N–H and O–H groups in total. The topological polar surface area (TPSA) is 63.6 Å². The van der Waals surface area contributed by atoms with Gasteiger partial charge in [-0.3, -0.25) is 4.79 Å². The fourth-order valence-corrected chi connectivity index (χ4v) is 1.50. The minimum absolute atomic E-state index is 0.0798. The molecule has 0 heterocycles. The quantitative estimate of drug-likeness (QED) is 0.638. The molecule has 1 rings (SSSR count). The number of methoxy groups -OCH3 is 1. The number of aliphatic carboxylic acids is 1. The molecule has 90 valence electrons. The summed E-state index contributed by atoms with van der Waals surface area (Å²) < 4.78 is 4.49. The molecule has 17 heavy (non-hydrogen) atoms. The van der Waals surface area contributed by atoms with Crippen LogP contribution in [0.25, 0.3) is 0 Å². The molecule has 1 aromatic rings. The van der Waals surface area contributed by atoms with Crippen molar-refractivity contribution in [2.45, 2.75) is 12.8 Å². The third-order valence-corrected chi connectivity index (χ3v) is 2.45. The van der Waals surface area contributed by atoms with Crippen LogP contribution in [-0.2, 0) is 14.3 Å². The van der Waals surface area contributed by atoms with E-state index in [1.54, 1.807) is 24.3 Å². The predicted octanol–water partition coefficient (Wildman–Crippen LogP) is 1.89. The van der Waals surface area contributed by atoms with E-state index in [0.717, 1.165) is 5.56 Å². The second kappa shape index (κ2) is 5.30. The number of aryl methyl sites for hydroxylation is 1. The Labute approximate surface area is 99.5 Å². The Morgan fingerprint density at radius 3 is 2.24 bits per heavy atom. The predicted molar refractivity (Wildman–Crippen MR) is 62.7 cm³/mol. The van der Waals surface area contributed by atoms with Gasteiger partial charge in [-0.15, -0.1) is 0 Å². The maximum absolute atomic E-state index is 11.3. The van der Waals surface area contributed by atoms with Crippen LogP contribution in [0, 0.1) is 6.92 Å². The van der Waals surface area contributed by atoms with E-state index in [0.29, 0.717) is 5.56 Å². The second-order valence-electron chi connectivity index (χ2n) is 3.70. The molecular formula is C13H14O4. The highest BCUT2D eigenvalue weighted by molar-refractivity contribution is 5.97. The molecule has 4 heteroatoms. The Morgan fingerprint density at radius 2 is 1.82 bits per heavy atom. The van der Waals surface area contributed by atoms with Crippen molar-refractivity contribution in [2.75, 3.05) is 7.11 Å². The summed E-state index contributed by atoms with van der Waals surface area (Å²) in [5.41, 5.74) is 1.45. The molecule has 0 saturated heterocycles. The zero-order chi connectivity index (χ0) is 13.0. The third-order valence-electron chi connectivity index (χ3n) is 2.45. The van der Waals surface area contributed by atoms with Gasteiger partial charge in [0.2, 0.25) is 0 Å². The zero-order valence-corrected chi connectivity index (χ0v) is 9.77. The van der Waals surface area contributed by atoms with Crippen molar-refractivity contribution in [3.05, 3.63) is 47.5 Å². The minimum atomic E-state index is -1.12. The van der Waals surface area contributed by atoms with E-state index in [-0.39, 0.29) is 5.57 Å². The largest absolute Gasteiger partial charge is 0.481 e. The van der Waals surface area contributed by atoms with Crippen LogP contribution < -0.4 is 0 Å². The van der Waals surface area contributed by atoms with Gasteiger partial charge in [0.05, 0.1) is 7.11 Å². The van der Waals surface area contributed by atoms with Gasteiger partial charge >= 0.3 is 11.9 Å². The van der Waals surface area contributed by atoms with Crippen molar-refractivity contribution in [2.24, 2.45) is 0 Å². The van der Waals surface area contributed by atoms with E-state index >= 15 is 0 Å². The lowest BCUT2D eigenvalue weighted by atomic mass is 9.91. The van der Waals surface area contributed by atoms with Crippen molar-refractivity contribution in [1.82, 2.24) is 0 Å². The molecule has 0 spiro atoms. The highest BCUT2D eigenvalue weighted by Gasteiger charge is 2.27. The van der Waals surface area contributed by atoms with Gasteiger partial charge in [0.1, 0.15) is 5.92 Å². The smallest absolute Gasteiger partial charge is 0.334 e. The standard InChI is InChI=1S/C13H14O4/c1-8-4-6-10(7-5-8)11(12(14)15)9(2)13(16)17-3/h4-7,11H,2H2,1,3H3,(H,14,15). The van der Waals surface area contributed by atoms with Crippen molar-refractivity contribution in [3.8, 4) is 0 Å². The lowest BCUT2D eigenvalue weighted by Gasteiger charge is -2.14. The number of esters is 1. The fraction of sp³-hybridized carbons (Fsp3) is 0.231. The number of hydrogen-bond donors (Lipinski definition) is 1. The third kappa shape index (κ3) is 2.93. The molecule has 0 aromatic heterocycles. The first-order chi connectivity index (χ1) is 7.97. The number of carboxylic acids is 1. The summed E-state index contributed by atoms with van der Waals surface area (Å²) in [6.45, 7) is 5.39. The van der Waals surface area contributed by atoms with Gasteiger partial charge in [-0.25, -0.2) is 4.79 Å². The first-order valence-electron chi connectivity index (χ1n) is 5.04. The summed E-state index contributed by atoms with van der Waals surface area (Å²) in [6, 6.07) is 6.91. The van der Waals surface area contributed by atoms with E-state index in [4.69, 9.17) is 5.11 Å². The van der Waals surface area contributed by atoms with Crippen molar-refractivity contribution in [3.63, 3.8) is 0 Å². The molecule has 0 aliphatic carbocycles. The molecule has 0 radical (unpaired) electrons. The summed E-state index contributed by atoms with van der Waals surface area (Å²) in [4.78, 5) is 22.5. The van der Waals surface area contributed by atoms with E-state index in [1.807, 2.05) is 6.92 Å². The number of rotatable bonds is 4. The monoisotopic (exact) mass is 234 g/mol. The molecule has 1 unspecified atom stereocenters. The van der Waals surface area contributed by atoms with Crippen LogP contribution in [0.3, 0.4) is 0 Å². The summed E-state index contributed by atoms with van der Waals surface area (Å²) >= 11 is 0. The molecule has 0 aliphatic heterocycles. The van der Waals surface area contributed by atoms with Crippen LogP contribution in [0.5, 0.6) is 0 Å². The van der Waals surface area contributed by atoms with Crippen LogP contribution in [0.15, 0.2) is 36.4 Å². The van der Waals surface area contributed by atoms with Gasteiger partial charge in [-0.05, 0) is 12.5 Å². The molecule has 0 fully saturated rings. The van der Waals surface area contributed by atoms with Crippen LogP contribution in [0.1, 0.15) is 17.0 Å². The molecule has 1 aromatic carbocycles. The molecular weight excluding hydrogens is 220 g/mol. The van der Waals surface area contributed by atoms with Crippen LogP contribution in [0.2, 0.25) is 0 Å². The SMILES string of the molecule is C=C(C(=O)OC)C(C(=O)O)c1ccc(C)cc1. The highest BCUT2D eigenvalue weighted by atomic mass is 16.5. The van der Waals surface area contributed by atoms with E-state index in [1.165, 1.54) is 7.11 Å². The molecule has 0 saturated carbocycles. The lowest BCUT2D eigenvalue weighted by Crippen LogP contribution is -2.19. The van der Waals surface area contributed by atoms with Gasteiger partial charge in [0.15, 0.2) is 0 Å². The second-order valence-corrected chi connectivity index (χ2v) is 3.70. The number of hydrogen-bond acceptors (Lipinski definition) is 3. The van der Waals surface area contributed by atoms with Crippen molar-refractivity contribution < 1.29 is 19.4 Å². The Bertz CT molecular complexity index is 445. The first kappa shape index (κ1) is 13.0. The molecule has 0 amide bonds. The fourth-order valence-electron chi connectivity index (χ4n) is 1.50. The number of carbonyl (C=O) groups is 2. The normalized spacial score (nSPS) is 11.6. The average Bonchev–Trinajstić information content (AvgIpc) is 2.30. The first-order valence-corrected chi connectivity index (χ1v) is 5.04. The van der Waals surface area contributed by atoms with E-state index in [2.05, 4.69) is 11.3 Å². The maximum atomic E-state index is 11.3. The van der Waals surface area contributed by atoms with Gasteiger partial charge in [0.25, 0.3) is 0 Å². The molecule has 1 atom stereocenters. The van der Waals surface area contributed by atoms with Gasteiger partial charge in [-0.2, -0.15) is 0 Å². The summed E-state index contributed by atoms with van der Waals surface area (Å²) in [5, 5.41) is 9.14. The van der Waals surface area contributed by atoms with Crippen LogP contribution in [0.4, 0.5) is 0 Å². The Balaban J connectivity index is 3.10. The van der Waals surface area contributed by atoms with Crippen molar-refractivity contribution in [1.29, 1.82) is 0 Å². The molecule has 4 nitrogen and oxygen atoms in total. The summed E-state index contributed by atoms with van der Waals surface area (Å²) in [5.74, 6) is -2.90. The van der Waals surface area contributed by atoms with Crippen molar-refractivity contribution >= 4 is 11.9 Å². The maximum Gasteiger partial charge on any atom is 0.334 e.